The SMILES string of the molecule is CC(C)NCCCOCCCNC(=O)c1ccc(NC(C)C)cc1.[HH].[HH].[HH]. The Balaban J connectivity index is -0.00000192. The molecule has 0 unspecified atom stereocenters. The van der Waals surface area contributed by atoms with Crippen molar-refractivity contribution < 1.29 is 13.8 Å². The summed E-state index contributed by atoms with van der Waals surface area (Å²) in [4.78, 5) is 12.0. The first-order valence-corrected chi connectivity index (χ1v) is 8.95. The molecule has 5 nitrogen and oxygen atoms in total. The van der Waals surface area contributed by atoms with E-state index >= 15 is 0 Å². The average molecular weight is 342 g/mol. The molecule has 0 saturated heterocycles. The van der Waals surface area contributed by atoms with Crippen LogP contribution in [0.1, 0.15) is 55.2 Å². The van der Waals surface area contributed by atoms with Crippen molar-refractivity contribution in [1.82, 2.24) is 10.6 Å². The lowest BCUT2D eigenvalue weighted by molar-refractivity contribution is 0.0940. The Labute approximate surface area is 151 Å². The summed E-state index contributed by atoms with van der Waals surface area (Å²) >= 11 is 0. The van der Waals surface area contributed by atoms with Gasteiger partial charge in [-0.2, -0.15) is 0 Å². The van der Waals surface area contributed by atoms with E-state index in [-0.39, 0.29) is 10.2 Å². The number of nitrogens with one attached hydrogen (secondary N) is 3. The first kappa shape index (κ1) is 20.5. The van der Waals surface area contributed by atoms with Crippen LogP contribution in [0.3, 0.4) is 0 Å². The second kappa shape index (κ2) is 11.9. The number of benzene rings is 1. The van der Waals surface area contributed by atoms with Crippen LogP contribution in [0.4, 0.5) is 5.69 Å². The summed E-state index contributed by atoms with van der Waals surface area (Å²) < 4.78 is 5.56. The molecule has 1 amide bonds. The van der Waals surface area contributed by atoms with Crippen LogP contribution in [-0.2, 0) is 4.74 Å². The number of amides is 1. The van der Waals surface area contributed by atoms with Gasteiger partial charge in [0.15, 0.2) is 0 Å². The molecule has 1 aromatic carbocycles. The number of anilines is 1. The van der Waals surface area contributed by atoms with Gasteiger partial charge in [0.25, 0.3) is 5.91 Å². The molecule has 0 aliphatic carbocycles. The summed E-state index contributed by atoms with van der Waals surface area (Å²) in [5.74, 6) is -0.0350. The maximum absolute atomic E-state index is 12.0. The van der Waals surface area contributed by atoms with Gasteiger partial charge in [-0.25, -0.2) is 0 Å². The van der Waals surface area contributed by atoms with E-state index in [0.29, 0.717) is 30.8 Å². The molecule has 0 aliphatic heterocycles. The van der Waals surface area contributed by atoms with Crippen LogP contribution >= 0.6 is 0 Å². The van der Waals surface area contributed by atoms with Crippen molar-refractivity contribution in [3.05, 3.63) is 29.8 Å². The van der Waals surface area contributed by atoms with E-state index in [9.17, 15) is 4.79 Å². The Bertz CT molecular complexity index is 472. The van der Waals surface area contributed by atoms with Gasteiger partial charge in [0, 0.05) is 47.4 Å². The quantitative estimate of drug-likeness (QED) is 0.506. The molecule has 0 atom stereocenters. The van der Waals surface area contributed by atoms with E-state index in [0.717, 1.165) is 31.7 Å². The van der Waals surface area contributed by atoms with Gasteiger partial charge in [-0.3, -0.25) is 4.79 Å². The van der Waals surface area contributed by atoms with Crippen LogP contribution in [0.5, 0.6) is 0 Å². The normalized spacial score (nSPS) is 11.1. The third-order valence-corrected chi connectivity index (χ3v) is 3.37. The number of ether oxygens (including phenoxy) is 1. The fourth-order valence-corrected chi connectivity index (χ4v) is 2.20. The summed E-state index contributed by atoms with van der Waals surface area (Å²) in [5, 5.41) is 9.58. The van der Waals surface area contributed by atoms with Gasteiger partial charge in [-0.05, 0) is 57.5 Å². The van der Waals surface area contributed by atoms with Gasteiger partial charge in [-0.1, -0.05) is 13.8 Å². The van der Waals surface area contributed by atoms with Gasteiger partial charge < -0.3 is 20.7 Å². The van der Waals surface area contributed by atoms with Crippen LogP contribution in [0, 0.1) is 0 Å². The smallest absolute Gasteiger partial charge is 0.251 e. The molecular weight excluding hydrogens is 302 g/mol. The van der Waals surface area contributed by atoms with Crippen molar-refractivity contribution in [2.45, 2.75) is 52.6 Å². The van der Waals surface area contributed by atoms with E-state index in [2.05, 4.69) is 43.6 Å². The molecule has 1 rings (SSSR count). The van der Waals surface area contributed by atoms with Crippen LogP contribution in [0.2, 0.25) is 0 Å². The number of carbonyl (C=O) groups is 1. The third-order valence-electron chi connectivity index (χ3n) is 3.37. The standard InChI is InChI=1S/C19H33N3O2.3H2/c1-15(2)20-11-5-13-24-14-6-12-21-19(23)17-7-9-18(10-8-17)22-16(3)4;;;/h7-10,15-16,20,22H,5-6,11-14H2,1-4H3,(H,21,23);3*1H. The molecule has 0 aromatic heterocycles. The first-order valence-electron chi connectivity index (χ1n) is 8.95. The monoisotopic (exact) mass is 341 g/mol. The molecule has 3 N–H and O–H groups in total. The van der Waals surface area contributed by atoms with Gasteiger partial charge in [0.2, 0.25) is 0 Å². The third kappa shape index (κ3) is 9.53. The van der Waals surface area contributed by atoms with Crippen LogP contribution in [0.15, 0.2) is 24.3 Å². The fourth-order valence-electron chi connectivity index (χ4n) is 2.20. The Morgan fingerprint density at radius 2 is 1.62 bits per heavy atom. The van der Waals surface area contributed by atoms with Crippen molar-refractivity contribution in [1.29, 1.82) is 0 Å². The number of hydrogen-bond acceptors (Lipinski definition) is 4. The van der Waals surface area contributed by atoms with Gasteiger partial charge in [0.05, 0.1) is 0 Å². The Morgan fingerprint density at radius 1 is 1.00 bits per heavy atom. The molecule has 0 spiro atoms. The minimum atomic E-state index is -0.0350. The molecule has 0 heterocycles. The van der Waals surface area contributed by atoms with E-state index < -0.39 is 0 Å². The minimum absolute atomic E-state index is 0. The molecule has 24 heavy (non-hydrogen) atoms. The predicted molar refractivity (Wildman–Crippen MR) is 107 cm³/mol. The molecule has 0 fully saturated rings. The number of carbonyl (C=O) groups excluding carboxylic acids is 1. The molecule has 0 aliphatic rings. The van der Waals surface area contributed by atoms with E-state index in [1.807, 2.05) is 24.3 Å². The first-order chi connectivity index (χ1) is 11.5. The molecule has 5 heteroatoms. The fraction of sp³-hybridized carbons (Fsp3) is 0.632. The molecule has 0 saturated carbocycles. The molecule has 0 radical (unpaired) electrons. The lowest BCUT2D eigenvalue weighted by Gasteiger charge is -2.11. The highest BCUT2D eigenvalue weighted by atomic mass is 16.5. The topological polar surface area (TPSA) is 62.4 Å². The summed E-state index contributed by atoms with van der Waals surface area (Å²) in [7, 11) is 0. The van der Waals surface area contributed by atoms with Gasteiger partial charge in [0.1, 0.15) is 0 Å². The molecular formula is C19H39N3O2. The van der Waals surface area contributed by atoms with Gasteiger partial charge in [-0.15, -0.1) is 0 Å². The minimum Gasteiger partial charge on any atom is -0.383 e. The van der Waals surface area contributed by atoms with E-state index in [1.165, 1.54) is 0 Å². The molecule has 1 aromatic rings. The number of hydrogen-bond donors (Lipinski definition) is 3. The average Bonchev–Trinajstić information content (AvgIpc) is 2.53. The zero-order valence-corrected chi connectivity index (χ0v) is 15.5. The highest BCUT2D eigenvalue weighted by Gasteiger charge is 2.04. The van der Waals surface area contributed by atoms with Crippen LogP contribution in [0.25, 0.3) is 0 Å². The van der Waals surface area contributed by atoms with Crippen molar-refractivity contribution >= 4 is 11.6 Å². The van der Waals surface area contributed by atoms with Crippen molar-refractivity contribution in [2.75, 3.05) is 31.6 Å². The summed E-state index contributed by atoms with van der Waals surface area (Å²) in [6, 6.07) is 8.46. The van der Waals surface area contributed by atoms with Crippen LogP contribution < -0.4 is 16.0 Å². The summed E-state index contributed by atoms with van der Waals surface area (Å²) in [6.07, 6.45) is 1.84. The van der Waals surface area contributed by atoms with Crippen molar-refractivity contribution in [2.24, 2.45) is 0 Å². The Morgan fingerprint density at radius 3 is 2.21 bits per heavy atom. The zero-order valence-electron chi connectivity index (χ0n) is 15.5. The van der Waals surface area contributed by atoms with E-state index in [4.69, 9.17) is 4.74 Å². The predicted octanol–water partition coefficient (Wildman–Crippen LogP) is 3.77. The second-order valence-corrected chi connectivity index (χ2v) is 6.56. The highest BCUT2D eigenvalue weighted by Crippen LogP contribution is 2.10. The Hall–Kier alpha value is -1.59. The lowest BCUT2D eigenvalue weighted by Crippen LogP contribution is -2.26. The van der Waals surface area contributed by atoms with Gasteiger partial charge >= 0.3 is 0 Å². The van der Waals surface area contributed by atoms with Crippen LogP contribution in [-0.4, -0.2) is 44.3 Å². The summed E-state index contributed by atoms with van der Waals surface area (Å²) in [5.41, 5.74) is 1.71. The molecule has 0 bridgehead atoms. The Kier molecular flexibility index (Phi) is 10.1. The maximum atomic E-state index is 12.0. The van der Waals surface area contributed by atoms with E-state index in [1.54, 1.807) is 0 Å². The van der Waals surface area contributed by atoms with Crippen molar-refractivity contribution in [3.8, 4) is 0 Å². The lowest BCUT2D eigenvalue weighted by atomic mass is 10.2. The number of rotatable bonds is 12. The zero-order chi connectivity index (χ0) is 17.8. The summed E-state index contributed by atoms with van der Waals surface area (Å²) in [6.45, 7) is 11.5. The van der Waals surface area contributed by atoms with Crippen molar-refractivity contribution in [3.63, 3.8) is 0 Å². The highest BCUT2D eigenvalue weighted by molar-refractivity contribution is 5.94. The molecule has 142 valence electrons. The maximum Gasteiger partial charge on any atom is 0.251 e. The second-order valence-electron chi connectivity index (χ2n) is 6.56. The largest absolute Gasteiger partial charge is 0.383 e.